The summed E-state index contributed by atoms with van der Waals surface area (Å²) in [4.78, 5) is 17.1. The number of nitriles is 1. The topological polar surface area (TPSA) is 57.0 Å². The van der Waals surface area contributed by atoms with Crippen LogP contribution in [0.1, 0.15) is 12.0 Å². The number of hydrogen-bond donors (Lipinski definition) is 0. The number of pyridine rings is 1. The Kier molecular flexibility index (Phi) is 2.57. The minimum atomic E-state index is -0.144. The first-order valence-corrected chi connectivity index (χ1v) is 4.95. The van der Waals surface area contributed by atoms with Crippen LogP contribution in [0.5, 0.6) is 0 Å². The Balaban J connectivity index is 2.23. The molecule has 1 unspecified atom stereocenters. The molecule has 2 heterocycles. The molecule has 0 aliphatic carbocycles. The molecule has 1 aromatic heterocycles. The summed E-state index contributed by atoms with van der Waals surface area (Å²) in [5.74, 6) is 0.536. The molecular weight excluding hydrogens is 214 g/mol. The number of anilines is 1. The summed E-state index contributed by atoms with van der Waals surface area (Å²) in [5, 5.41) is 8.45. The van der Waals surface area contributed by atoms with Crippen LogP contribution in [-0.2, 0) is 4.79 Å². The Morgan fingerprint density at radius 2 is 2.40 bits per heavy atom. The summed E-state index contributed by atoms with van der Waals surface area (Å²) >= 11 is 5.87. The zero-order chi connectivity index (χ0) is 10.8. The molecule has 1 aliphatic rings. The van der Waals surface area contributed by atoms with Crippen molar-refractivity contribution in [3.63, 3.8) is 0 Å². The molecule has 1 aliphatic heterocycles. The van der Waals surface area contributed by atoms with Gasteiger partial charge in [-0.1, -0.05) is 0 Å². The van der Waals surface area contributed by atoms with E-state index in [-0.39, 0.29) is 11.3 Å². The Hall–Kier alpha value is -1.60. The molecule has 1 atom stereocenters. The van der Waals surface area contributed by atoms with Crippen molar-refractivity contribution >= 4 is 23.3 Å². The average Bonchev–Trinajstić information content (AvgIpc) is 2.58. The molecule has 15 heavy (non-hydrogen) atoms. The predicted octanol–water partition coefficient (Wildman–Crippen LogP) is 1.30. The van der Waals surface area contributed by atoms with Crippen LogP contribution < -0.4 is 4.90 Å². The second-order valence-corrected chi connectivity index (χ2v) is 3.94. The number of halogens is 1. The maximum Gasteiger partial charge on any atom is 0.229 e. The molecule has 2 rings (SSSR count). The van der Waals surface area contributed by atoms with Gasteiger partial charge < -0.3 is 0 Å². The molecule has 1 saturated heterocycles. The number of carbonyl (C=O) groups excluding carboxylic acids is 1. The van der Waals surface area contributed by atoms with Crippen LogP contribution in [0.4, 0.5) is 5.82 Å². The number of carbonyl (C=O) groups is 1. The lowest BCUT2D eigenvalue weighted by Gasteiger charge is -2.13. The molecular formula is C10H8ClN3O. The zero-order valence-electron chi connectivity index (χ0n) is 7.85. The SMILES string of the molecule is N#Cc1ccc(N2CC(Cl)CC2=O)nc1. The summed E-state index contributed by atoms with van der Waals surface area (Å²) in [7, 11) is 0. The number of rotatable bonds is 1. The van der Waals surface area contributed by atoms with Crippen molar-refractivity contribution < 1.29 is 4.79 Å². The van der Waals surface area contributed by atoms with Crippen LogP contribution in [-0.4, -0.2) is 22.8 Å². The fourth-order valence-corrected chi connectivity index (χ4v) is 1.77. The average molecular weight is 222 g/mol. The van der Waals surface area contributed by atoms with Crippen molar-refractivity contribution in [1.82, 2.24) is 4.98 Å². The van der Waals surface area contributed by atoms with E-state index in [0.29, 0.717) is 24.3 Å². The van der Waals surface area contributed by atoms with E-state index in [2.05, 4.69) is 4.98 Å². The standard InChI is InChI=1S/C10H8ClN3O/c11-8-3-10(15)14(6-8)9-2-1-7(4-12)5-13-9/h1-2,5,8H,3,6H2. The summed E-state index contributed by atoms with van der Waals surface area (Å²) in [5.41, 5.74) is 0.479. The van der Waals surface area contributed by atoms with E-state index in [0.717, 1.165) is 0 Å². The fourth-order valence-electron chi connectivity index (χ4n) is 1.50. The monoisotopic (exact) mass is 221 g/mol. The van der Waals surface area contributed by atoms with Crippen LogP contribution in [0.15, 0.2) is 18.3 Å². The zero-order valence-corrected chi connectivity index (χ0v) is 8.61. The quantitative estimate of drug-likeness (QED) is 0.672. The third-order valence-electron chi connectivity index (χ3n) is 2.23. The van der Waals surface area contributed by atoms with Gasteiger partial charge in [-0.05, 0) is 12.1 Å². The van der Waals surface area contributed by atoms with Crippen molar-refractivity contribution in [1.29, 1.82) is 5.26 Å². The molecule has 0 N–H and O–H groups in total. The summed E-state index contributed by atoms with van der Waals surface area (Å²) in [6.07, 6.45) is 1.80. The second kappa shape index (κ2) is 3.87. The van der Waals surface area contributed by atoms with E-state index in [1.807, 2.05) is 6.07 Å². The van der Waals surface area contributed by atoms with Gasteiger partial charge in [0.2, 0.25) is 5.91 Å². The van der Waals surface area contributed by atoms with Crippen molar-refractivity contribution in [2.45, 2.75) is 11.8 Å². The van der Waals surface area contributed by atoms with E-state index >= 15 is 0 Å². The fraction of sp³-hybridized carbons (Fsp3) is 0.300. The normalized spacial score (nSPS) is 20.4. The minimum Gasteiger partial charge on any atom is -0.295 e. The van der Waals surface area contributed by atoms with Gasteiger partial charge in [0, 0.05) is 19.2 Å². The van der Waals surface area contributed by atoms with Gasteiger partial charge in [-0.3, -0.25) is 9.69 Å². The molecule has 4 nitrogen and oxygen atoms in total. The highest BCUT2D eigenvalue weighted by molar-refractivity contribution is 6.24. The van der Waals surface area contributed by atoms with Crippen LogP contribution in [0, 0.1) is 11.3 Å². The van der Waals surface area contributed by atoms with Crippen LogP contribution in [0.3, 0.4) is 0 Å². The van der Waals surface area contributed by atoms with Crippen molar-refractivity contribution in [2.75, 3.05) is 11.4 Å². The molecule has 1 amide bonds. The van der Waals surface area contributed by atoms with Gasteiger partial charge in [-0.2, -0.15) is 5.26 Å². The van der Waals surface area contributed by atoms with Gasteiger partial charge in [0.25, 0.3) is 0 Å². The van der Waals surface area contributed by atoms with Crippen molar-refractivity contribution in [2.24, 2.45) is 0 Å². The number of alkyl halides is 1. The van der Waals surface area contributed by atoms with E-state index in [1.165, 1.54) is 6.20 Å². The third kappa shape index (κ3) is 1.92. The van der Waals surface area contributed by atoms with Crippen molar-refractivity contribution in [3.05, 3.63) is 23.9 Å². The first-order valence-electron chi connectivity index (χ1n) is 4.51. The molecule has 1 aromatic rings. The lowest BCUT2D eigenvalue weighted by Crippen LogP contribution is -2.25. The molecule has 0 aromatic carbocycles. The second-order valence-electron chi connectivity index (χ2n) is 3.32. The highest BCUT2D eigenvalue weighted by atomic mass is 35.5. The van der Waals surface area contributed by atoms with Gasteiger partial charge in [-0.15, -0.1) is 11.6 Å². The lowest BCUT2D eigenvalue weighted by atomic mass is 10.3. The first-order chi connectivity index (χ1) is 7.20. The lowest BCUT2D eigenvalue weighted by molar-refractivity contribution is -0.117. The minimum absolute atomic E-state index is 0.0211. The Morgan fingerprint density at radius 3 is 2.87 bits per heavy atom. The van der Waals surface area contributed by atoms with Gasteiger partial charge >= 0.3 is 0 Å². The van der Waals surface area contributed by atoms with E-state index < -0.39 is 0 Å². The van der Waals surface area contributed by atoms with Gasteiger partial charge in [0.05, 0.1) is 10.9 Å². The van der Waals surface area contributed by atoms with Gasteiger partial charge in [-0.25, -0.2) is 4.98 Å². The summed E-state index contributed by atoms with van der Waals surface area (Å²) in [6, 6.07) is 5.27. The Labute approximate surface area is 92.1 Å². The van der Waals surface area contributed by atoms with E-state index in [4.69, 9.17) is 16.9 Å². The molecule has 0 saturated carbocycles. The smallest absolute Gasteiger partial charge is 0.229 e. The number of hydrogen-bond acceptors (Lipinski definition) is 3. The van der Waals surface area contributed by atoms with Crippen LogP contribution >= 0.6 is 11.6 Å². The van der Waals surface area contributed by atoms with Gasteiger partial charge in [0.1, 0.15) is 11.9 Å². The molecule has 5 heteroatoms. The van der Waals surface area contributed by atoms with E-state index in [9.17, 15) is 4.79 Å². The van der Waals surface area contributed by atoms with Crippen molar-refractivity contribution in [3.8, 4) is 6.07 Å². The third-order valence-corrected chi connectivity index (χ3v) is 2.52. The number of aromatic nitrogens is 1. The largest absolute Gasteiger partial charge is 0.295 e. The first kappa shape index (κ1) is 9.94. The molecule has 0 radical (unpaired) electrons. The predicted molar refractivity (Wildman–Crippen MR) is 55.6 cm³/mol. The number of nitrogens with zero attached hydrogens (tertiary/aromatic N) is 3. The molecule has 0 bridgehead atoms. The number of amides is 1. The highest BCUT2D eigenvalue weighted by Crippen LogP contribution is 2.22. The maximum atomic E-state index is 11.5. The molecule has 0 spiro atoms. The summed E-state index contributed by atoms with van der Waals surface area (Å²) < 4.78 is 0. The van der Waals surface area contributed by atoms with Gasteiger partial charge in [0.15, 0.2) is 0 Å². The van der Waals surface area contributed by atoms with Crippen LogP contribution in [0.2, 0.25) is 0 Å². The Bertz CT molecular complexity index is 423. The maximum absolute atomic E-state index is 11.5. The highest BCUT2D eigenvalue weighted by Gasteiger charge is 2.29. The summed E-state index contributed by atoms with van der Waals surface area (Å²) in [6.45, 7) is 0.485. The van der Waals surface area contributed by atoms with Crippen LogP contribution in [0.25, 0.3) is 0 Å². The molecule has 1 fully saturated rings. The van der Waals surface area contributed by atoms with E-state index in [1.54, 1.807) is 17.0 Å². The molecule has 76 valence electrons. The Morgan fingerprint density at radius 1 is 1.60 bits per heavy atom.